The Bertz CT molecular complexity index is 4340. The zero-order chi connectivity index (χ0) is 54.7. The van der Waals surface area contributed by atoms with Crippen LogP contribution in [0.5, 0.6) is 0 Å². The van der Waals surface area contributed by atoms with Crippen LogP contribution in [0.1, 0.15) is 77.9 Å². The lowest BCUT2D eigenvalue weighted by atomic mass is 9.62. The van der Waals surface area contributed by atoms with Crippen molar-refractivity contribution in [3.05, 3.63) is 393 Å². The number of anilines is 6. The first-order chi connectivity index (χ1) is 41.2. The van der Waals surface area contributed by atoms with Gasteiger partial charge in [-0.25, -0.2) is 0 Å². The molecule has 2 nitrogen and oxygen atoms in total. The summed E-state index contributed by atoms with van der Waals surface area (Å²) >= 11 is 0. The zero-order valence-electron chi connectivity index (χ0n) is 45.6. The van der Waals surface area contributed by atoms with Gasteiger partial charge >= 0.3 is 0 Å². The van der Waals surface area contributed by atoms with Crippen LogP contribution in [0.25, 0.3) is 34.1 Å². The summed E-state index contributed by atoms with van der Waals surface area (Å²) in [5, 5.41) is 2.49. The Morgan fingerprint density at radius 1 is 0.229 bits per heavy atom. The number of rotatable bonds is 6. The number of fused-ring (bicyclic) bond motifs is 15. The van der Waals surface area contributed by atoms with Gasteiger partial charge in [0.25, 0.3) is 0 Å². The van der Waals surface area contributed by atoms with Gasteiger partial charge in [-0.05, 0) is 148 Å². The second-order valence-electron chi connectivity index (χ2n) is 22.6. The molecule has 0 amide bonds. The van der Waals surface area contributed by atoms with Crippen molar-refractivity contribution in [1.29, 1.82) is 0 Å². The van der Waals surface area contributed by atoms with E-state index in [1.165, 1.54) is 99.8 Å². The molecule has 0 aromatic heterocycles. The second-order valence-corrected chi connectivity index (χ2v) is 22.6. The molecule has 0 bridgehead atoms. The molecular weight excluding hydrogens is 1000 g/mol. The van der Waals surface area contributed by atoms with E-state index < -0.39 is 16.2 Å². The maximum atomic E-state index is 2.55. The average Bonchev–Trinajstić information content (AvgIpc) is 1.79. The van der Waals surface area contributed by atoms with Crippen molar-refractivity contribution >= 4 is 57.0 Å². The molecule has 0 N–H and O–H groups in total. The smallest absolute Gasteiger partial charge is 0.0742 e. The molecule has 13 aromatic rings. The third-order valence-corrected chi connectivity index (χ3v) is 18.8. The molecule has 13 aromatic carbocycles. The molecule has 2 aliphatic heterocycles. The van der Waals surface area contributed by atoms with Gasteiger partial charge in [0.2, 0.25) is 0 Å². The van der Waals surface area contributed by atoms with Gasteiger partial charge in [-0.1, -0.05) is 279 Å². The van der Waals surface area contributed by atoms with Crippen LogP contribution in [-0.2, 0) is 16.2 Å². The van der Waals surface area contributed by atoms with Crippen LogP contribution in [0, 0.1) is 0 Å². The Morgan fingerprint density at radius 2 is 0.578 bits per heavy atom. The monoisotopic (exact) mass is 1050 g/mol. The fourth-order valence-corrected chi connectivity index (χ4v) is 15.6. The topological polar surface area (TPSA) is 6.48 Å². The third kappa shape index (κ3) is 6.44. The van der Waals surface area contributed by atoms with Gasteiger partial charge in [-0.2, -0.15) is 0 Å². The summed E-state index contributed by atoms with van der Waals surface area (Å²) in [6.45, 7) is 0. The van der Waals surface area contributed by atoms with E-state index in [2.05, 4.69) is 337 Å². The van der Waals surface area contributed by atoms with Gasteiger partial charge in [-0.15, -0.1) is 0 Å². The highest BCUT2D eigenvalue weighted by molar-refractivity contribution is 6.06. The Kier molecular flexibility index (Phi) is 10.4. The molecule has 0 saturated heterocycles. The predicted molar refractivity (Wildman–Crippen MR) is 343 cm³/mol. The Labute approximate surface area is 484 Å². The Hall–Kier alpha value is -10.5. The molecule has 388 valence electrons. The van der Waals surface area contributed by atoms with Crippen LogP contribution in [0.15, 0.2) is 315 Å². The van der Waals surface area contributed by atoms with Crippen molar-refractivity contribution < 1.29 is 0 Å². The molecule has 2 aliphatic carbocycles. The van der Waals surface area contributed by atoms with E-state index in [0.29, 0.717) is 0 Å². The van der Waals surface area contributed by atoms with E-state index in [1.54, 1.807) is 0 Å². The standard InChI is InChI=1S/C81H54N2/c1-5-26-58(27-6-1)79(59-28-7-2-8-29-59)67-37-17-21-41-74(67)82(75-42-22-18-38-68(75)79)62-50-47-56-45-46-57-48-51-63(54-73(57)81(72(56)53-62)66-36-16-15-35-65(66)78-64-34-14-13-25-55(64)49-52-71(78)81)83-76-43-23-19-39-69(76)80(60-30-9-3-10-31-60,61-32-11-4-12-33-61)70-40-20-24-44-77(70)83/h1-54H. The number of nitrogens with zero attached hydrogens (tertiary/aromatic N) is 2. The first-order valence-electron chi connectivity index (χ1n) is 29.0. The summed E-state index contributed by atoms with van der Waals surface area (Å²) in [6.07, 6.45) is 4.75. The maximum absolute atomic E-state index is 2.55. The van der Waals surface area contributed by atoms with E-state index >= 15 is 0 Å². The van der Waals surface area contributed by atoms with Crippen LogP contribution in [0.4, 0.5) is 34.1 Å². The van der Waals surface area contributed by atoms with Crippen molar-refractivity contribution in [2.75, 3.05) is 9.80 Å². The summed E-state index contributed by atoms with van der Waals surface area (Å²) in [5.74, 6) is 0. The zero-order valence-corrected chi connectivity index (χ0v) is 45.6. The first-order valence-corrected chi connectivity index (χ1v) is 29.0. The SMILES string of the molecule is C1=Cc2ccc(N3c4ccccc4C(c4ccccc4)(c4ccccc4)c4ccccc43)cc2C2(c3cc(N4c5ccccc5C(c5ccccc5)(c5ccccc5)c5ccccc54)ccc31)c1ccccc1-c1c2ccc2ccccc12. The second kappa shape index (κ2) is 18.2. The number of benzene rings is 13. The van der Waals surface area contributed by atoms with Crippen molar-refractivity contribution in [2.45, 2.75) is 16.2 Å². The highest BCUT2D eigenvalue weighted by Crippen LogP contribution is 2.64. The summed E-state index contributed by atoms with van der Waals surface area (Å²) in [4.78, 5) is 5.09. The van der Waals surface area contributed by atoms with Gasteiger partial charge in [-0.3, -0.25) is 0 Å². The molecule has 83 heavy (non-hydrogen) atoms. The molecule has 0 unspecified atom stereocenters. The van der Waals surface area contributed by atoms with Gasteiger partial charge in [0.1, 0.15) is 0 Å². The van der Waals surface area contributed by atoms with Crippen molar-refractivity contribution in [2.24, 2.45) is 0 Å². The summed E-state index contributed by atoms with van der Waals surface area (Å²) in [6, 6.07) is 119. The molecule has 2 heteroatoms. The molecule has 1 spiro atoms. The molecule has 2 heterocycles. The van der Waals surface area contributed by atoms with E-state index in [-0.39, 0.29) is 0 Å². The van der Waals surface area contributed by atoms with E-state index in [1.807, 2.05) is 0 Å². The van der Waals surface area contributed by atoms with E-state index in [9.17, 15) is 0 Å². The van der Waals surface area contributed by atoms with Crippen LogP contribution >= 0.6 is 0 Å². The van der Waals surface area contributed by atoms with Crippen LogP contribution in [0.2, 0.25) is 0 Å². The van der Waals surface area contributed by atoms with Crippen molar-refractivity contribution in [3.63, 3.8) is 0 Å². The van der Waals surface area contributed by atoms with Gasteiger partial charge in [0, 0.05) is 11.4 Å². The average molecular weight is 1060 g/mol. The lowest BCUT2D eigenvalue weighted by Gasteiger charge is -2.47. The summed E-state index contributed by atoms with van der Waals surface area (Å²) in [5.41, 5.74) is 24.8. The van der Waals surface area contributed by atoms with Crippen LogP contribution < -0.4 is 9.80 Å². The van der Waals surface area contributed by atoms with E-state index in [0.717, 1.165) is 34.1 Å². The molecular formula is C81H54N2. The lowest BCUT2D eigenvalue weighted by Crippen LogP contribution is -2.38. The predicted octanol–water partition coefficient (Wildman–Crippen LogP) is 20.0. The third-order valence-electron chi connectivity index (χ3n) is 18.8. The van der Waals surface area contributed by atoms with Crippen LogP contribution in [0.3, 0.4) is 0 Å². The molecule has 0 fully saturated rings. The van der Waals surface area contributed by atoms with Crippen molar-refractivity contribution in [3.8, 4) is 11.1 Å². The quantitative estimate of drug-likeness (QED) is 0.164. The minimum absolute atomic E-state index is 0.588. The summed E-state index contributed by atoms with van der Waals surface area (Å²) in [7, 11) is 0. The Morgan fingerprint density at radius 3 is 1.00 bits per heavy atom. The van der Waals surface area contributed by atoms with Crippen LogP contribution in [-0.4, -0.2) is 0 Å². The molecule has 0 atom stereocenters. The molecule has 17 rings (SSSR count). The normalized spacial score (nSPS) is 14.9. The molecule has 0 saturated carbocycles. The largest absolute Gasteiger partial charge is 0.310 e. The number of hydrogen-bond donors (Lipinski definition) is 0. The minimum Gasteiger partial charge on any atom is -0.310 e. The first kappa shape index (κ1) is 47.3. The highest BCUT2D eigenvalue weighted by atomic mass is 15.2. The Balaban J connectivity index is 0.943. The van der Waals surface area contributed by atoms with Gasteiger partial charge in [0.15, 0.2) is 0 Å². The lowest BCUT2D eigenvalue weighted by molar-refractivity contribution is 0.730. The molecule has 0 radical (unpaired) electrons. The minimum atomic E-state index is -0.768. The fourth-order valence-electron chi connectivity index (χ4n) is 15.6. The number of para-hydroxylation sites is 4. The highest BCUT2D eigenvalue weighted by Gasteiger charge is 2.52. The van der Waals surface area contributed by atoms with Crippen molar-refractivity contribution in [1.82, 2.24) is 0 Å². The van der Waals surface area contributed by atoms with Gasteiger partial charge < -0.3 is 9.80 Å². The fraction of sp³-hybridized carbons (Fsp3) is 0.0370. The van der Waals surface area contributed by atoms with E-state index in [4.69, 9.17) is 0 Å². The number of hydrogen-bond acceptors (Lipinski definition) is 2. The molecule has 4 aliphatic rings. The summed E-state index contributed by atoms with van der Waals surface area (Å²) < 4.78 is 0. The van der Waals surface area contributed by atoms with Gasteiger partial charge in [0.05, 0.1) is 39.0 Å². The maximum Gasteiger partial charge on any atom is 0.0742 e.